The van der Waals surface area contributed by atoms with Crippen molar-refractivity contribution in [3.8, 4) is 0 Å². The summed E-state index contributed by atoms with van der Waals surface area (Å²) in [6.45, 7) is 1.03. The summed E-state index contributed by atoms with van der Waals surface area (Å²) in [6, 6.07) is 0. The summed E-state index contributed by atoms with van der Waals surface area (Å²) in [5.74, 6) is -0.746. The first-order chi connectivity index (χ1) is 24.7. The molecule has 52 heavy (non-hydrogen) atoms. The van der Waals surface area contributed by atoms with Crippen molar-refractivity contribution in [1.29, 1.82) is 0 Å². The van der Waals surface area contributed by atoms with Crippen molar-refractivity contribution in [2.45, 2.75) is 187 Å². The summed E-state index contributed by atoms with van der Waals surface area (Å²) < 4.78 is 35.9. The average Bonchev–Trinajstić information content (AvgIpc) is 3.11. The molecule has 7 aliphatic rings. The molecule has 4 heterocycles. The molecule has 300 valence electrons. The number of ether oxygens (including phenoxy) is 6. The Kier molecular flexibility index (Phi) is 12.2. The van der Waals surface area contributed by atoms with Crippen molar-refractivity contribution < 1.29 is 84.6 Å². The van der Waals surface area contributed by atoms with Gasteiger partial charge in [0.1, 0.15) is 54.9 Å². The van der Waals surface area contributed by atoms with Crippen LogP contribution in [0.15, 0.2) is 0 Å². The zero-order valence-corrected chi connectivity index (χ0v) is 29.3. The van der Waals surface area contributed by atoms with Gasteiger partial charge in [-0.1, -0.05) is 0 Å². The molecule has 0 aromatic heterocycles. The largest absolute Gasteiger partial charge is 0.427 e. The molecule has 20 atom stereocenters. The lowest BCUT2D eigenvalue weighted by Crippen LogP contribution is -2.68. The van der Waals surface area contributed by atoms with Crippen molar-refractivity contribution in [2.24, 2.45) is 23.7 Å². The molecule has 7 fully saturated rings. The van der Waals surface area contributed by atoms with Crippen LogP contribution < -0.4 is 0 Å². The van der Waals surface area contributed by atoms with Crippen LogP contribution in [-0.2, 0) is 23.7 Å². The number of hydrogen-bond donors (Lipinski definition) is 11. The molecule has 20 unspecified atom stereocenters. The van der Waals surface area contributed by atoms with Gasteiger partial charge in [-0.05, 0) is 57.8 Å². The minimum atomic E-state index is -1.75. The van der Waals surface area contributed by atoms with E-state index in [2.05, 4.69) is 0 Å². The minimum absolute atomic E-state index is 0.108. The van der Waals surface area contributed by atoms with E-state index >= 15 is 0 Å². The summed E-state index contributed by atoms with van der Waals surface area (Å²) >= 11 is 0. The molecular weight excluding hydrogens is 692 g/mol. The van der Waals surface area contributed by atoms with Crippen LogP contribution in [0.5, 0.6) is 0 Å². The molecule has 0 amide bonds. The first-order valence-corrected chi connectivity index (χ1v) is 19.1. The Labute approximate surface area is 302 Å². The molecule has 17 nitrogen and oxygen atoms in total. The molecule has 0 bridgehead atoms. The molecular formula is C35H59O17+. The van der Waals surface area contributed by atoms with Gasteiger partial charge in [0.25, 0.3) is 0 Å². The van der Waals surface area contributed by atoms with Crippen molar-refractivity contribution in [1.82, 2.24) is 0 Å². The Morgan fingerprint density at radius 3 is 1.92 bits per heavy atom. The molecule has 4 aliphatic heterocycles. The normalized spacial score (nSPS) is 57.2. The third kappa shape index (κ3) is 7.70. The number of hydrogen-bond acceptors (Lipinski definition) is 16. The van der Waals surface area contributed by atoms with Gasteiger partial charge in [0, 0.05) is 24.7 Å². The van der Waals surface area contributed by atoms with E-state index in [-0.39, 0.29) is 55.0 Å². The third-order valence-electron chi connectivity index (χ3n) is 13.2. The molecule has 4 saturated heterocycles. The predicted octanol–water partition coefficient (Wildman–Crippen LogP) is -4.11. The fourth-order valence-corrected chi connectivity index (χ4v) is 10.2. The van der Waals surface area contributed by atoms with Gasteiger partial charge in [-0.25, -0.2) is 0 Å². The molecule has 7 rings (SSSR count). The predicted molar refractivity (Wildman–Crippen MR) is 174 cm³/mol. The first kappa shape index (κ1) is 39.6. The number of rotatable bonds is 7. The SMILES string of the molecule is CC1OC(OCC2OC(OC3C4CC(C5CCC(O)CC5)OC5CC(O)CC([OH+]C3C3CC(O)C(O)C(O)C3)C54)C(O)C(O)C2O)C(O)C(O)C1O. The summed E-state index contributed by atoms with van der Waals surface area (Å²) in [6.07, 6.45) is -17.6. The maximum Gasteiger partial charge on any atom is 0.187 e. The Hall–Kier alpha value is -0.680. The minimum Gasteiger partial charge on any atom is -0.427 e. The van der Waals surface area contributed by atoms with Crippen LogP contribution in [0.25, 0.3) is 0 Å². The van der Waals surface area contributed by atoms with Gasteiger partial charge >= 0.3 is 0 Å². The van der Waals surface area contributed by atoms with Crippen molar-refractivity contribution in [3.05, 3.63) is 0 Å². The molecule has 17 heteroatoms. The van der Waals surface area contributed by atoms with Gasteiger partial charge in [0.15, 0.2) is 24.8 Å². The topological polar surface area (TPSA) is 281 Å². The summed E-state index contributed by atoms with van der Waals surface area (Å²) in [5.41, 5.74) is 0. The van der Waals surface area contributed by atoms with E-state index in [0.29, 0.717) is 32.1 Å². The standard InChI is InChI=1S/C35H58O17/c1-12-25(40)28(43)30(45)34(48-12)47-11-23-27(42)29(44)31(46)35(51-23)52-33-17-10-20(13-2-4-15(36)5-3-13)49-21-8-16(37)9-22(24(17)21)50-32(33)14-6-18(38)26(41)19(39)7-14/h12-46H,2-11H2,1H3/p+1. The average molecular weight is 752 g/mol. The van der Waals surface area contributed by atoms with E-state index in [4.69, 9.17) is 28.4 Å². The molecule has 3 saturated carbocycles. The Morgan fingerprint density at radius 2 is 1.23 bits per heavy atom. The molecule has 0 spiro atoms. The van der Waals surface area contributed by atoms with Gasteiger partial charge in [0.05, 0.1) is 55.3 Å². The maximum atomic E-state index is 11.3. The molecule has 12 N–H and O–H groups in total. The lowest BCUT2D eigenvalue weighted by molar-refractivity contribution is -0.384. The molecule has 0 aromatic carbocycles. The van der Waals surface area contributed by atoms with Crippen LogP contribution in [0, 0.1) is 23.7 Å². The molecule has 0 aromatic rings. The van der Waals surface area contributed by atoms with Gasteiger partial charge in [-0.15, -0.1) is 0 Å². The van der Waals surface area contributed by atoms with Gasteiger partial charge in [-0.3, -0.25) is 0 Å². The fourth-order valence-electron chi connectivity index (χ4n) is 10.2. The van der Waals surface area contributed by atoms with Crippen molar-refractivity contribution in [3.63, 3.8) is 0 Å². The monoisotopic (exact) mass is 751 g/mol. The fraction of sp³-hybridized carbons (Fsp3) is 1.00. The van der Waals surface area contributed by atoms with Crippen LogP contribution in [0.4, 0.5) is 0 Å². The van der Waals surface area contributed by atoms with Crippen LogP contribution in [-0.4, -0.2) is 190 Å². The Balaban J connectivity index is 1.15. The van der Waals surface area contributed by atoms with Crippen LogP contribution in [0.2, 0.25) is 0 Å². The number of aliphatic hydroxyl groups is 13. The van der Waals surface area contributed by atoms with E-state index in [9.17, 15) is 56.2 Å². The highest BCUT2D eigenvalue weighted by atomic mass is 16.7. The van der Waals surface area contributed by atoms with E-state index in [1.54, 1.807) is 0 Å². The summed E-state index contributed by atoms with van der Waals surface area (Å²) in [4.78, 5) is 0. The lowest BCUT2D eigenvalue weighted by atomic mass is 9.63. The van der Waals surface area contributed by atoms with Gasteiger partial charge in [-0.2, -0.15) is 0 Å². The first-order valence-electron chi connectivity index (χ1n) is 19.1. The second kappa shape index (κ2) is 16.1. The quantitative estimate of drug-likeness (QED) is 0.110. The zero-order valence-electron chi connectivity index (χ0n) is 29.3. The second-order valence-corrected chi connectivity index (χ2v) is 16.6. The lowest BCUT2D eigenvalue weighted by Gasteiger charge is -2.56. The highest BCUT2D eigenvalue weighted by Gasteiger charge is 2.62. The highest BCUT2D eigenvalue weighted by Crippen LogP contribution is 2.51. The summed E-state index contributed by atoms with van der Waals surface area (Å²) in [5, 5.41) is 117. The van der Waals surface area contributed by atoms with E-state index in [1.807, 2.05) is 0 Å². The van der Waals surface area contributed by atoms with Gasteiger partial charge in [0.2, 0.25) is 0 Å². The highest BCUT2D eigenvalue weighted by molar-refractivity contribution is 5.06. The maximum absolute atomic E-state index is 11.3. The molecule has 0 radical (unpaired) electrons. The van der Waals surface area contributed by atoms with Crippen LogP contribution in [0.3, 0.4) is 0 Å². The molecule has 3 aliphatic carbocycles. The van der Waals surface area contributed by atoms with E-state index in [0.717, 1.165) is 12.8 Å². The van der Waals surface area contributed by atoms with E-state index in [1.165, 1.54) is 6.92 Å². The Bertz CT molecular complexity index is 1160. The van der Waals surface area contributed by atoms with Crippen LogP contribution in [0.1, 0.15) is 64.7 Å². The van der Waals surface area contributed by atoms with E-state index < -0.39 is 111 Å². The third-order valence-corrected chi connectivity index (χ3v) is 13.2. The van der Waals surface area contributed by atoms with Crippen LogP contribution >= 0.6 is 0 Å². The van der Waals surface area contributed by atoms with Crippen molar-refractivity contribution in [2.75, 3.05) is 6.61 Å². The van der Waals surface area contributed by atoms with Gasteiger partial charge < -0.3 is 84.6 Å². The zero-order chi connectivity index (χ0) is 37.2. The smallest absolute Gasteiger partial charge is 0.187 e. The van der Waals surface area contributed by atoms with Crippen molar-refractivity contribution >= 4 is 0 Å². The number of aliphatic hydroxyl groups excluding tert-OH is 11. The summed E-state index contributed by atoms with van der Waals surface area (Å²) in [7, 11) is 0. The Morgan fingerprint density at radius 1 is 0.577 bits per heavy atom. The second-order valence-electron chi connectivity index (χ2n) is 16.6.